The van der Waals surface area contributed by atoms with Gasteiger partial charge in [-0.3, -0.25) is 47.9 Å². The zero-order chi connectivity index (χ0) is 64.9. The van der Waals surface area contributed by atoms with Crippen LogP contribution < -0.4 is 35.5 Å². The van der Waals surface area contributed by atoms with E-state index in [4.69, 9.17) is 28.1 Å². The number of hydrogen-bond donors (Lipinski definition) is 4. The van der Waals surface area contributed by atoms with Crippen LogP contribution in [0.4, 0.5) is 4.79 Å². The van der Waals surface area contributed by atoms with Gasteiger partial charge in [0.15, 0.2) is 0 Å². The van der Waals surface area contributed by atoms with Gasteiger partial charge in [0.25, 0.3) is 0 Å². The first-order valence-electron chi connectivity index (χ1n) is 30.9. The van der Waals surface area contributed by atoms with E-state index in [0.717, 1.165) is 16.5 Å². The van der Waals surface area contributed by atoms with Gasteiger partial charge in [-0.2, -0.15) is 0 Å². The number of furan rings is 1. The molecule has 6 aliphatic heterocycles. The van der Waals surface area contributed by atoms with Crippen molar-refractivity contribution in [1.29, 1.82) is 0 Å². The van der Waals surface area contributed by atoms with Crippen LogP contribution >= 0.6 is 0 Å². The number of fused-ring (bicyclic) bond motifs is 1. The zero-order valence-electron chi connectivity index (χ0n) is 52.7. The maximum atomic E-state index is 15.1. The van der Waals surface area contributed by atoms with E-state index in [9.17, 15) is 43.2 Å². The summed E-state index contributed by atoms with van der Waals surface area (Å²) in [5.74, 6) is -2.62. The van der Waals surface area contributed by atoms with E-state index >= 15 is 9.59 Å². The molecule has 7 heterocycles. The Kier molecular flexibility index (Phi) is 20.5. The highest BCUT2D eigenvalue weighted by atomic mass is 16.6. The molecule has 1 aromatic heterocycles. The molecule has 3 aromatic rings. The van der Waals surface area contributed by atoms with E-state index in [1.54, 1.807) is 47.1 Å². The van der Waals surface area contributed by atoms with E-state index in [1.807, 2.05) is 31.2 Å². The van der Waals surface area contributed by atoms with Gasteiger partial charge in [0.05, 0.1) is 26.7 Å². The van der Waals surface area contributed by atoms with Gasteiger partial charge >= 0.3 is 12.1 Å². The third-order valence-electron chi connectivity index (χ3n) is 17.6. The number of amides is 10. The molecule has 27 nitrogen and oxygen atoms in total. The Labute approximate surface area is 522 Å². The van der Waals surface area contributed by atoms with E-state index < -0.39 is 113 Å². The molecule has 0 aliphatic carbocycles. The largest absolute Gasteiger partial charge is 0.497 e. The smallest absolute Gasteiger partial charge is 0.407 e. The third kappa shape index (κ3) is 15.1. The molecule has 27 heteroatoms. The van der Waals surface area contributed by atoms with Gasteiger partial charge in [0.2, 0.25) is 53.2 Å². The molecule has 0 bridgehead atoms. The summed E-state index contributed by atoms with van der Waals surface area (Å²) in [6.45, 7) is 11.4. The van der Waals surface area contributed by atoms with Gasteiger partial charge < -0.3 is 78.8 Å². The summed E-state index contributed by atoms with van der Waals surface area (Å²) < 4.78 is 33.8. The van der Waals surface area contributed by atoms with Crippen molar-refractivity contribution >= 4 is 76.2 Å². The number of nitrogens with one attached hydrogen (secondary N) is 4. The Hall–Kier alpha value is -8.65. The molecule has 10 amide bonds. The summed E-state index contributed by atoms with van der Waals surface area (Å²) in [4.78, 5) is 160. The Morgan fingerprint density at radius 1 is 0.567 bits per heavy atom. The summed E-state index contributed by atoms with van der Waals surface area (Å²) in [5.41, 5.74) is 1.37. The number of hydrogen-bond acceptors (Lipinski definition) is 17. The van der Waals surface area contributed by atoms with Gasteiger partial charge in [0.1, 0.15) is 83.7 Å². The first-order chi connectivity index (χ1) is 42.8. The second kappa shape index (κ2) is 28.0. The van der Waals surface area contributed by atoms with E-state index in [2.05, 4.69) is 21.3 Å². The number of carbonyl (C=O) groups excluding carboxylic acids is 11. The lowest BCUT2D eigenvalue weighted by atomic mass is 10.1. The molecule has 488 valence electrons. The van der Waals surface area contributed by atoms with Crippen molar-refractivity contribution < 1.29 is 80.8 Å². The lowest BCUT2D eigenvalue weighted by molar-refractivity contribution is -0.154. The van der Waals surface area contributed by atoms with Crippen molar-refractivity contribution in [3.8, 4) is 17.2 Å². The molecule has 90 heavy (non-hydrogen) atoms. The number of aryl methyl sites for hydroxylation is 1. The fourth-order valence-electron chi connectivity index (χ4n) is 13.5. The van der Waals surface area contributed by atoms with Crippen LogP contribution in [0.1, 0.15) is 123 Å². The predicted molar refractivity (Wildman–Crippen MR) is 321 cm³/mol. The molecule has 0 radical (unpaired) electrons. The third-order valence-corrected chi connectivity index (χ3v) is 17.6. The Morgan fingerprint density at radius 2 is 1.04 bits per heavy atom. The SMILES string of the molecule is COc1cc(COc2ccc3c(C)c(COC(=O)CCNC(=O)[C@@H]4CCCN4C(=O)[C@@H]4C[C@H](NC(C)=O)CN4C(=O)[C@@H]4CCCN4C(=O)[C@@H]4C[C@H](NC(C)=O)CN4C(=O)[C@@H]4CCCN4C(=O)[C@@H]4C[C@H](NC(=O)OC(C)(C)C)CN4C(C)=O)oc3c2)cc(OC)c1. The van der Waals surface area contributed by atoms with Crippen LogP contribution in [0.25, 0.3) is 11.0 Å². The number of nitrogens with zero attached hydrogens (tertiary/aromatic N) is 6. The second-order valence-electron chi connectivity index (χ2n) is 25.1. The monoisotopic (exact) mass is 1250 g/mol. The van der Waals surface area contributed by atoms with Crippen LogP contribution in [0.2, 0.25) is 0 Å². The van der Waals surface area contributed by atoms with Crippen LogP contribution in [0.15, 0.2) is 40.8 Å². The minimum Gasteiger partial charge on any atom is -0.497 e. The van der Waals surface area contributed by atoms with Gasteiger partial charge in [-0.25, -0.2) is 4.79 Å². The number of alkyl carbamates (subject to hydrolysis) is 1. The van der Waals surface area contributed by atoms with Crippen molar-refractivity contribution in [3.63, 3.8) is 0 Å². The normalized spacial score (nSPS) is 24.0. The summed E-state index contributed by atoms with van der Waals surface area (Å²) in [7, 11) is 3.14. The Bertz CT molecular complexity index is 3250. The first-order valence-corrected chi connectivity index (χ1v) is 30.9. The van der Waals surface area contributed by atoms with Gasteiger partial charge in [0, 0.05) is 102 Å². The average Bonchev–Trinajstić information content (AvgIpc) is 1.64. The molecule has 4 N–H and O–H groups in total. The summed E-state index contributed by atoms with van der Waals surface area (Å²) in [6.07, 6.45) is 1.37. The topological polar surface area (TPSA) is 315 Å². The van der Waals surface area contributed by atoms with Gasteiger partial charge in [-0.1, -0.05) is 0 Å². The standard InChI is InChI=1S/C63H84N10O17/c1-35-46-17-16-43(87-33-39-23-44(85-8)28-45(24-39)86-9)29-53(46)89-54(35)34-88-55(77)18-19-64-56(78)47-13-10-20-68(47)60(82)51-25-40(65-36(2)74)31-72(51)58(80)49-15-12-22-70(49)61(83)52-26-41(66-37(3)75)32-73(52)57(79)48-14-11-21-69(48)59(81)50-27-42(30-71(50)38(4)76)67-62(84)90-63(5,6)7/h16-17,23-24,28-29,40-42,47-52H,10-15,18-22,25-27,30-34H2,1-9H3,(H,64,78)(H,65,74)(H,66,75)(H,67,84)/t40-,41-,42-,47-,48-,49-,50-,51-,52-/m0/s1. The molecule has 0 saturated carbocycles. The highest BCUT2D eigenvalue weighted by Gasteiger charge is 2.53. The quantitative estimate of drug-likeness (QED) is 0.125. The number of likely N-dealkylation sites (tertiary alicyclic amines) is 6. The van der Waals surface area contributed by atoms with Crippen molar-refractivity contribution in [2.24, 2.45) is 0 Å². The fourth-order valence-corrected chi connectivity index (χ4v) is 13.5. The molecule has 2 aromatic carbocycles. The number of carbonyl (C=O) groups is 11. The lowest BCUT2D eigenvalue weighted by Gasteiger charge is -2.36. The van der Waals surface area contributed by atoms with Gasteiger partial charge in [-0.05, 0) is 115 Å². The highest BCUT2D eigenvalue weighted by molar-refractivity contribution is 5.99. The summed E-state index contributed by atoms with van der Waals surface area (Å²) >= 11 is 0. The number of rotatable bonds is 19. The van der Waals surface area contributed by atoms with Crippen LogP contribution in [-0.4, -0.2) is 215 Å². The van der Waals surface area contributed by atoms with E-state index in [1.165, 1.54) is 50.2 Å². The lowest BCUT2D eigenvalue weighted by Crippen LogP contribution is -2.58. The minimum atomic E-state index is -1.16. The van der Waals surface area contributed by atoms with Crippen LogP contribution in [0, 0.1) is 6.92 Å². The van der Waals surface area contributed by atoms with Crippen molar-refractivity contribution in [2.75, 3.05) is 60.0 Å². The van der Waals surface area contributed by atoms with Crippen LogP contribution in [0.3, 0.4) is 0 Å². The predicted octanol–water partition coefficient (Wildman–Crippen LogP) is 2.59. The number of benzene rings is 2. The maximum Gasteiger partial charge on any atom is 0.407 e. The molecule has 6 aliphatic rings. The molecule has 0 unspecified atom stereocenters. The zero-order valence-corrected chi connectivity index (χ0v) is 52.7. The highest BCUT2D eigenvalue weighted by Crippen LogP contribution is 2.35. The number of methoxy groups -OCH3 is 2. The first kappa shape index (κ1) is 65.8. The van der Waals surface area contributed by atoms with Gasteiger partial charge in [-0.15, -0.1) is 0 Å². The van der Waals surface area contributed by atoms with E-state index in [-0.39, 0.29) is 109 Å². The van der Waals surface area contributed by atoms with E-state index in [0.29, 0.717) is 54.3 Å². The summed E-state index contributed by atoms with van der Waals surface area (Å²) in [6, 6.07) is 2.71. The number of esters is 1. The molecule has 6 saturated heterocycles. The van der Waals surface area contributed by atoms with Crippen LogP contribution in [0.5, 0.6) is 17.2 Å². The molecule has 9 atom stereocenters. The minimum absolute atomic E-state index is 0.0146. The molecular weight excluding hydrogens is 1170 g/mol. The Balaban J connectivity index is 0.815. The fraction of sp³-hybridized carbons (Fsp3) is 0.603. The molecule has 9 rings (SSSR count). The van der Waals surface area contributed by atoms with Crippen molar-refractivity contribution in [1.82, 2.24) is 50.7 Å². The van der Waals surface area contributed by atoms with Crippen molar-refractivity contribution in [3.05, 3.63) is 53.3 Å². The number of ether oxygens (including phenoxy) is 5. The average molecular weight is 1250 g/mol. The molecule has 0 spiro atoms. The molecular formula is C63H84N10O17. The molecule has 6 fully saturated rings. The summed E-state index contributed by atoms with van der Waals surface area (Å²) in [5, 5.41) is 12.0. The maximum absolute atomic E-state index is 15.1. The van der Waals surface area contributed by atoms with Crippen molar-refractivity contribution in [2.45, 2.75) is 186 Å². The Morgan fingerprint density at radius 3 is 1.54 bits per heavy atom. The van der Waals surface area contributed by atoms with Crippen LogP contribution in [-0.2, 0) is 70.6 Å². The second-order valence-corrected chi connectivity index (χ2v) is 25.1.